The molecule has 0 atom stereocenters. The first kappa shape index (κ1) is 16.8. The fourth-order valence-electron chi connectivity index (χ4n) is 2.50. The summed E-state index contributed by atoms with van der Waals surface area (Å²) in [5.41, 5.74) is 3.07. The molecule has 0 aliphatic rings. The second kappa shape index (κ2) is 6.45. The largest absolute Gasteiger partial charge is 0.358 e. The van der Waals surface area contributed by atoms with Gasteiger partial charge in [0.15, 0.2) is 0 Å². The molecule has 122 valence electrons. The second-order valence-electron chi connectivity index (χ2n) is 5.12. The highest BCUT2D eigenvalue weighted by Crippen LogP contribution is 2.27. The first-order valence-electron chi connectivity index (χ1n) is 6.88. The highest BCUT2D eigenvalue weighted by Gasteiger charge is 2.17. The van der Waals surface area contributed by atoms with E-state index in [4.69, 9.17) is 23.2 Å². The van der Waals surface area contributed by atoms with Crippen molar-refractivity contribution >= 4 is 55.5 Å². The van der Waals surface area contributed by atoms with E-state index in [0.29, 0.717) is 22.3 Å². The van der Waals surface area contributed by atoms with Gasteiger partial charge in [-0.1, -0.05) is 23.2 Å². The lowest BCUT2D eigenvalue weighted by molar-refractivity contribution is 0.584. The lowest BCUT2D eigenvalue weighted by Gasteiger charge is -2.05. The maximum absolute atomic E-state index is 12.2. The summed E-state index contributed by atoms with van der Waals surface area (Å²) in [6, 6.07) is 8.72. The van der Waals surface area contributed by atoms with E-state index in [0.717, 1.165) is 33.5 Å². The van der Waals surface area contributed by atoms with Gasteiger partial charge in [0.2, 0.25) is 10.0 Å². The van der Waals surface area contributed by atoms with Crippen LogP contribution in [0.25, 0.3) is 10.9 Å². The van der Waals surface area contributed by atoms with E-state index in [1.165, 1.54) is 6.07 Å². The number of hydrogen-bond donors (Lipinski definition) is 2. The summed E-state index contributed by atoms with van der Waals surface area (Å²) in [7, 11) is -3.52. The van der Waals surface area contributed by atoms with Crippen molar-refractivity contribution in [2.45, 2.75) is 17.6 Å². The Balaban J connectivity index is 1.76. The third kappa shape index (κ3) is 3.56. The van der Waals surface area contributed by atoms with Crippen molar-refractivity contribution in [3.05, 3.63) is 50.9 Å². The van der Waals surface area contributed by atoms with Crippen LogP contribution in [0.5, 0.6) is 0 Å². The van der Waals surface area contributed by atoms with Crippen LogP contribution in [0.15, 0.2) is 34.5 Å². The number of nitrogens with one attached hydrogen (secondary N) is 2. The Kier molecular flexibility index (Phi) is 4.71. The summed E-state index contributed by atoms with van der Waals surface area (Å²) in [5.74, 6) is 0. The second-order valence-corrected chi connectivity index (χ2v) is 9.27. The highest BCUT2D eigenvalue weighted by atomic mass is 35.5. The molecule has 0 amide bonds. The Bertz CT molecular complexity index is 961. The van der Waals surface area contributed by atoms with E-state index in [9.17, 15) is 8.42 Å². The summed E-state index contributed by atoms with van der Waals surface area (Å²) in [6.07, 6.45) is 0.574. The summed E-state index contributed by atoms with van der Waals surface area (Å²) < 4.78 is 27.7. The summed E-state index contributed by atoms with van der Waals surface area (Å²) in [5, 5.41) is 1.68. The van der Waals surface area contributed by atoms with Gasteiger partial charge >= 0.3 is 0 Å². The number of aromatic nitrogens is 1. The van der Waals surface area contributed by atoms with E-state index in [1.807, 2.05) is 25.1 Å². The van der Waals surface area contributed by atoms with Crippen molar-refractivity contribution in [3.8, 4) is 0 Å². The molecule has 0 saturated carbocycles. The molecule has 0 spiro atoms. The van der Waals surface area contributed by atoms with Crippen LogP contribution in [0.2, 0.25) is 9.36 Å². The van der Waals surface area contributed by atoms with Gasteiger partial charge in [0.05, 0.1) is 4.34 Å². The number of H-pyrrole nitrogens is 1. The molecule has 4 nitrogen and oxygen atoms in total. The molecule has 0 fully saturated rings. The predicted octanol–water partition coefficient (Wildman–Crippen LogP) is 4.37. The molecule has 23 heavy (non-hydrogen) atoms. The molecule has 0 aliphatic carbocycles. The number of aryl methyl sites for hydroxylation is 1. The molecule has 0 radical (unpaired) electrons. The van der Waals surface area contributed by atoms with Crippen molar-refractivity contribution in [1.29, 1.82) is 0 Å². The molecule has 0 unspecified atom stereocenters. The molecule has 0 bridgehead atoms. The van der Waals surface area contributed by atoms with Gasteiger partial charge in [-0.2, -0.15) is 0 Å². The van der Waals surface area contributed by atoms with E-state index >= 15 is 0 Å². The van der Waals surface area contributed by atoms with Crippen LogP contribution in [-0.2, 0) is 16.4 Å². The molecule has 3 aromatic rings. The van der Waals surface area contributed by atoms with E-state index in [2.05, 4.69) is 9.71 Å². The quantitative estimate of drug-likeness (QED) is 0.681. The maximum atomic E-state index is 12.2. The molecule has 2 aromatic heterocycles. The van der Waals surface area contributed by atoms with Gasteiger partial charge in [-0.15, -0.1) is 11.3 Å². The standard InChI is InChI=1S/C15H14Cl2N2O2S2/c1-9-11(12-8-10(16)2-3-13(12)19-9)6-7-18-23(20,21)15-5-4-14(17)22-15/h2-5,8,18-19H,6-7H2,1H3. The van der Waals surface area contributed by atoms with Crippen LogP contribution in [0, 0.1) is 6.92 Å². The monoisotopic (exact) mass is 388 g/mol. The first-order valence-corrected chi connectivity index (χ1v) is 9.94. The van der Waals surface area contributed by atoms with Crippen LogP contribution in [-0.4, -0.2) is 19.9 Å². The summed E-state index contributed by atoms with van der Waals surface area (Å²) >= 11 is 12.9. The Morgan fingerprint density at radius 3 is 2.70 bits per heavy atom. The van der Waals surface area contributed by atoms with E-state index in [1.54, 1.807) is 6.07 Å². The normalized spacial score (nSPS) is 12.1. The SMILES string of the molecule is Cc1[nH]c2ccc(Cl)cc2c1CCNS(=O)(=O)c1ccc(Cl)s1. The Hall–Kier alpha value is -1.05. The van der Waals surface area contributed by atoms with Gasteiger partial charge in [0.1, 0.15) is 4.21 Å². The molecule has 3 rings (SSSR count). The Labute approximate surface area is 148 Å². The number of benzene rings is 1. The third-order valence-corrected chi connectivity index (χ3v) is 6.98. The van der Waals surface area contributed by atoms with Crippen LogP contribution in [0.1, 0.15) is 11.3 Å². The highest BCUT2D eigenvalue weighted by molar-refractivity contribution is 7.91. The van der Waals surface area contributed by atoms with Crippen molar-refractivity contribution < 1.29 is 8.42 Å². The lowest BCUT2D eigenvalue weighted by atomic mass is 10.1. The van der Waals surface area contributed by atoms with Crippen LogP contribution in [0.4, 0.5) is 0 Å². The fourth-order valence-corrected chi connectivity index (χ4v) is 5.23. The van der Waals surface area contributed by atoms with Gasteiger partial charge in [-0.05, 0) is 49.2 Å². The minimum atomic E-state index is -3.52. The molecule has 2 N–H and O–H groups in total. The predicted molar refractivity (Wildman–Crippen MR) is 96.3 cm³/mol. The number of sulfonamides is 1. The van der Waals surface area contributed by atoms with Gasteiger partial charge in [0.25, 0.3) is 0 Å². The number of rotatable bonds is 5. The van der Waals surface area contributed by atoms with E-state index in [-0.39, 0.29) is 4.21 Å². The van der Waals surface area contributed by atoms with Crippen molar-refractivity contribution in [2.24, 2.45) is 0 Å². The maximum Gasteiger partial charge on any atom is 0.250 e. The van der Waals surface area contributed by atoms with Crippen LogP contribution >= 0.6 is 34.5 Å². The number of fused-ring (bicyclic) bond motifs is 1. The minimum Gasteiger partial charge on any atom is -0.358 e. The third-order valence-electron chi connectivity index (χ3n) is 3.56. The number of thiophene rings is 1. The first-order chi connectivity index (χ1) is 10.9. The molecular weight excluding hydrogens is 375 g/mol. The van der Waals surface area contributed by atoms with Gasteiger partial charge < -0.3 is 4.98 Å². The van der Waals surface area contributed by atoms with Gasteiger partial charge in [0, 0.05) is 28.2 Å². The zero-order valence-corrected chi connectivity index (χ0v) is 15.3. The smallest absolute Gasteiger partial charge is 0.250 e. The Morgan fingerprint density at radius 2 is 2.00 bits per heavy atom. The van der Waals surface area contributed by atoms with E-state index < -0.39 is 10.0 Å². The van der Waals surface area contributed by atoms with Crippen molar-refractivity contribution in [2.75, 3.05) is 6.54 Å². The molecule has 1 aromatic carbocycles. The number of halogens is 2. The average molecular weight is 389 g/mol. The van der Waals surface area contributed by atoms with Crippen LogP contribution in [0.3, 0.4) is 0 Å². The Morgan fingerprint density at radius 1 is 1.22 bits per heavy atom. The minimum absolute atomic E-state index is 0.223. The zero-order valence-electron chi connectivity index (χ0n) is 12.2. The molecule has 0 saturated heterocycles. The van der Waals surface area contributed by atoms with Crippen molar-refractivity contribution in [3.63, 3.8) is 0 Å². The van der Waals surface area contributed by atoms with Crippen LogP contribution < -0.4 is 4.72 Å². The molecular formula is C15H14Cl2N2O2S2. The number of aromatic amines is 1. The zero-order chi connectivity index (χ0) is 16.6. The average Bonchev–Trinajstić information content (AvgIpc) is 3.04. The molecule has 8 heteroatoms. The van der Waals surface area contributed by atoms with Gasteiger partial charge in [-0.3, -0.25) is 0 Å². The summed E-state index contributed by atoms with van der Waals surface area (Å²) in [6.45, 7) is 2.27. The fraction of sp³-hybridized carbons (Fsp3) is 0.200. The lowest BCUT2D eigenvalue weighted by Crippen LogP contribution is -2.25. The van der Waals surface area contributed by atoms with Gasteiger partial charge in [-0.25, -0.2) is 13.1 Å². The molecule has 2 heterocycles. The molecule has 0 aliphatic heterocycles. The summed E-state index contributed by atoms with van der Waals surface area (Å²) in [4.78, 5) is 3.29. The number of hydrogen-bond acceptors (Lipinski definition) is 3. The topological polar surface area (TPSA) is 62.0 Å². The van der Waals surface area contributed by atoms with Crippen molar-refractivity contribution in [1.82, 2.24) is 9.71 Å².